The van der Waals surface area contributed by atoms with Gasteiger partial charge >= 0.3 is 0 Å². The standard InChI is InChI=1S/C18H18N2O2/c1-12(2)22-11-13-7-9-14(10-8-13)17-19-16-6-4-3-5-15(16)18(21)20-17/h3-10,12H,11H2,1-2H3,(H,19,20,21). The minimum Gasteiger partial charge on any atom is -0.374 e. The number of H-pyrrole nitrogens is 1. The molecule has 0 radical (unpaired) electrons. The van der Waals surface area contributed by atoms with Gasteiger partial charge in [-0.3, -0.25) is 4.79 Å². The van der Waals surface area contributed by atoms with Gasteiger partial charge in [0.1, 0.15) is 5.82 Å². The lowest BCUT2D eigenvalue weighted by Gasteiger charge is -2.08. The average molecular weight is 294 g/mol. The van der Waals surface area contributed by atoms with E-state index in [0.29, 0.717) is 23.3 Å². The highest BCUT2D eigenvalue weighted by Gasteiger charge is 2.05. The second kappa shape index (κ2) is 6.12. The number of aromatic amines is 1. The number of benzene rings is 2. The predicted molar refractivity (Wildman–Crippen MR) is 87.7 cm³/mol. The van der Waals surface area contributed by atoms with Crippen molar-refractivity contribution in [2.24, 2.45) is 0 Å². The molecule has 22 heavy (non-hydrogen) atoms. The van der Waals surface area contributed by atoms with Gasteiger partial charge in [0.25, 0.3) is 5.56 Å². The predicted octanol–water partition coefficient (Wildman–Crippen LogP) is 3.52. The Morgan fingerprint density at radius 2 is 1.82 bits per heavy atom. The van der Waals surface area contributed by atoms with Crippen LogP contribution in [0.25, 0.3) is 22.3 Å². The maximum absolute atomic E-state index is 12.1. The summed E-state index contributed by atoms with van der Waals surface area (Å²) in [7, 11) is 0. The molecule has 0 bridgehead atoms. The first-order chi connectivity index (χ1) is 10.6. The van der Waals surface area contributed by atoms with Crippen molar-refractivity contribution in [3.8, 4) is 11.4 Å². The van der Waals surface area contributed by atoms with E-state index in [1.54, 1.807) is 6.07 Å². The molecule has 0 aliphatic rings. The van der Waals surface area contributed by atoms with Gasteiger partial charge in [0.15, 0.2) is 0 Å². The molecule has 1 N–H and O–H groups in total. The lowest BCUT2D eigenvalue weighted by Crippen LogP contribution is -2.09. The molecule has 112 valence electrons. The zero-order valence-corrected chi connectivity index (χ0v) is 12.7. The Bertz CT molecular complexity index is 836. The van der Waals surface area contributed by atoms with Crippen molar-refractivity contribution in [1.29, 1.82) is 0 Å². The summed E-state index contributed by atoms with van der Waals surface area (Å²) < 4.78 is 5.58. The second-order valence-electron chi connectivity index (χ2n) is 5.49. The van der Waals surface area contributed by atoms with E-state index in [9.17, 15) is 4.79 Å². The third-order valence-corrected chi connectivity index (χ3v) is 3.42. The normalized spacial score (nSPS) is 11.2. The number of hydrogen-bond donors (Lipinski definition) is 1. The number of nitrogens with one attached hydrogen (secondary N) is 1. The average Bonchev–Trinajstić information content (AvgIpc) is 2.53. The summed E-state index contributed by atoms with van der Waals surface area (Å²) >= 11 is 0. The van der Waals surface area contributed by atoms with Crippen molar-refractivity contribution in [1.82, 2.24) is 9.97 Å². The number of aromatic nitrogens is 2. The third kappa shape index (κ3) is 3.07. The molecule has 4 nitrogen and oxygen atoms in total. The summed E-state index contributed by atoms with van der Waals surface area (Å²) in [5.41, 5.74) is 2.57. The zero-order chi connectivity index (χ0) is 15.5. The van der Waals surface area contributed by atoms with Crippen LogP contribution in [0.5, 0.6) is 0 Å². The van der Waals surface area contributed by atoms with Crippen LogP contribution in [0, 0.1) is 0 Å². The van der Waals surface area contributed by atoms with E-state index in [-0.39, 0.29) is 11.7 Å². The molecule has 0 aliphatic carbocycles. The van der Waals surface area contributed by atoms with Gasteiger partial charge in [-0.25, -0.2) is 4.98 Å². The van der Waals surface area contributed by atoms with E-state index in [1.165, 1.54) is 0 Å². The van der Waals surface area contributed by atoms with Crippen molar-refractivity contribution in [2.45, 2.75) is 26.6 Å². The van der Waals surface area contributed by atoms with Gasteiger partial charge in [-0.05, 0) is 31.5 Å². The molecular weight excluding hydrogens is 276 g/mol. The van der Waals surface area contributed by atoms with E-state index >= 15 is 0 Å². The van der Waals surface area contributed by atoms with Crippen LogP contribution in [0.1, 0.15) is 19.4 Å². The van der Waals surface area contributed by atoms with Crippen molar-refractivity contribution >= 4 is 10.9 Å². The number of nitrogens with zero attached hydrogens (tertiary/aromatic N) is 1. The Morgan fingerprint density at radius 3 is 2.55 bits per heavy atom. The first-order valence-corrected chi connectivity index (χ1v) is 7.33. The number of para-hydroxylation sites is 1. The Balaban J connectivity index is 1.92. The molecule has 2 aromatic carbocycles. The van der Waals surface area contributed by atoms with Crippen molar-refractivity contribution in [2.75, 3.05) is 0 Å². The number of fused-ring (bicyclic) bond motifs is 1. The minimum absolute atomic E-state index is 0.118. The Kier molecular flexibility index (Phi) is 4.02. The summed E-state index contributed by atoms with van der Waals surface area (Å²) in [6, 6.07) is 15.2. The highest BCUT2D eigenvalue weighted by Crippen LogP contribution is 2.17. The molecular formula is C18H18N2O2. The van der Waals surface area contributed by atoms with Gasteiger partial charge in [0.05, 0.1) is 23.6 Å². The molecule has 1 aromatic heterocycles. The molecule has 0 amide bonds. The highest BCUT2D eigenvalue weighted by atomic mass is 16.5. The molecule has 1 heterocycles. The fraction of sp³-hybridized carbons (Fsp3) is 0.222. The van der Waals surface area contributed by atoms with Crippen molar-refractivity contribution in [3.63, 3.8) is 0 Å². The fourth-order valence-corrected chi connectivity index (χ4v) is 2.24. The molecule has 0 aliphatic heterocycles. The number of hydrogen-bond acceptors (Lipinski definition) is 3. The van der Waals surface area contributed by atoms with E-state index < -0.39 is 0 Å². The molecule has 0 spiro atoms. The van der Waals surface area contributed by atoms with Crippen LogP contribution >= 0.6 is 0 Å². The smallest absolute Gasteiger partial charge is 0.259 e. The van der Waals surface area contributed by atoms with Crippen molar-refractivity contribution in [3.05, 3.63) is 64.4 Å². The quantitative estimate of drug-likeness (QED) is 0.801. The van der Waals surface area contributed by atoms with Crippen LogP contribution in [-0.2, 0) is 11.3 Å². The van der Waals surface area contributed by atoms with Crippen LogP contribution in [0.4, 0.5) is 0 Å². The maximum atomic E-state index is 12.1. The fourth-order valence-electron chi connectivity index (χ4n) is 2.24. The van der Waals surface area contributed by atoms with E-state index in [2.05, 4.69) is 9.97 Å². The third-order valence-electron chi connectivity index (χ3n) is 3.42. The summed E-state index contributed by atoms with van der Waals surface area (Å²) in [5, 5.41) is 0.605. The largest absolute Gasteiger partial charge is 0.374 e. The molecule has 3 aromatic rings. The molecule has 3 rings (SSSR count). The summed E-state index contributed by atoms with van der Waals surface area (Å²) in [6.07, 6.45) is 0.207. The molecule has 0 saturated carbocycles. The van der Waals surface area contributed by atoms with Crippen LogP contribution in [0.2, 0.25) is 0 Å². The SMILES string of the molecule is CC(C)OCc1ccc(-c2nc3ccccc3c(=O)[nH]2)cc1. The van der Waals surface area contributed by atoms with Gasteiger partial charge in [0.2, 0.25) is 0 Å². The highest BCUT2D eigenvalue weighted by molar-refractivity contribution is 5.79. The van der Waals surface area contributed by atoms with Crippen LogP contribution < -0.4 is 5.56 Å². The first-order valence-electron chi connectivity index (χ1n) is 7.33. The maximum Gasteiger partial charge on any atom is 0.259 e. The monoisotopic (exact) mass is 294 g/mol. The Morgan fingerprint density at radius 1 is 1.09 bits per heavy atom. The zero-order valence-electron chi connectivity index (χ0n) is 12.7. The second-order valence-corrected chi connectivity index (χ2v) is 5.49. The van der Waals surface area contributed by atoms with Crippen molar-refractivity contribution < 1.29 is 4.74 Å². The van der Waals surface area contributed by atoms with Gasteiger partial charge in [0, 0.05) is 5.56 Å². The van der Waals surface area contributed by atoms with Crippen LogP contribution in [0.3, 0.4) is 0 Å². The number of rotatable bonds is 4. The summed E-state index contributed by atoms with van der Waals surface area (Å²) in [6.45, 7) is 4.61. The van der Waals surface area contributed by atoms with E-state index in [0.717, 1.165) is 11.1 Å². The van der Waals surface area contributed by atoms with Crippen LogP contribution in [0.15, 0.2) is 53.3 Å². The molecule has 0 unspecified atom stereocenters. The number of ether oxygens (including phenoxy) is 1. The lowest BCUT2D eigenvalue weighted by molar-refractivity contribution is 0.0657. The molecule has 4 heteroatoms. The van der Waals surface area contributed by atoms with Crippen LogP contribution in [-0.4, -0.2) is 16.1 Å². The van der Waals surface area contributed by atoms with Gasteiger partial charge in [-0.1, -0.05) is 36.4 Å². The molecule has 0 fully saturated rings. The summed E-state index contributed by atoms with van der Waals surface area (Å²) in [5.74, 6) is 0.583. The topological polar surface area (TPSA) is 55.0 Å². The van der Waals surface area contributed by atoms with Gasteiger partial charge < -0.3 is 9.72 Å². The lowest BCUT2D eigenvalue weighted by atomic mass is 10.1. The first kappa shape index (κ1) is 14.5. The van der Waals surface area contributed by atoms with Gasteiger partial charge in [-0.15, -0.1) is 0 Å². The van der Waals surface area contributed by atoms with E-state index in [4.69, 9.17) is 4.74 Å². The summed E-state index contributed by atoms with van der Waals surface area (Å²) in [4.78, 5) is 19.5. The Hall–Kier alpha value is -2.46. The molecule has 0 atom stereocenters. The van der Waals surface area contributed by atoms with E-state index in [1.807, 2.05) is 56.3 Å². The molecule has 0 saturated heterocycles. The minimum atomic E-state index is -0.118. The Labute approximate surface area is 128 Å². The van der Waals surface area contributed by atoms with Gasteiger partial charge in [-0.2, -0.15) is 0 Å².